The number of carbonyl (C=O) groups is 1. The molecule has 0 aliphatic rings. The summed E-state index contributed by atoms with van der Waals surface area (Å²) >= 11 is 1.46. The highest BCUT2D eigenvalue weighted by Gasteiger charge is 2.16. The SMILES string of the molecule is CCOC(=O)c1cnc(SCCCC(C)(C)C#N)nc1N. The third-order valence-electron chi connectivity index (χ3n) is 2.77. The molecule has 0 spiro atoms. The molecule has 1 aromatic heterocycles. The number of nitrogen functional groups attached to an aromatic ring is 1. The predicted molar refractivity (Wildman–Crippen MR) is 81.8 cm³/mol. The number of hydrogen-bond donors (Lipinski definition) is 1. The van der Waals surface area contributed by atoms with Gasteiger partial charge in [-0.05, 0) is 33.6 Å². The Balaban J connectivity index is 2.53. The Labute approximate surface area is 129 Å². The molecule has 1 aromatic rings. The monoisotopic (exact) mass is 308 g/mol. The summed E-state index contributed by atoms with van der Waals surface area (Å²) in [4.78, 5) is 19.8. The summed E-state index contributed by atoms with van der Waals surface area (Å²) in [6.07, 6.45) is 3.09. The van der Waals surface area contributed by atoms with Gasteiger partial charge < -0.3 is 10.5 Å². The van der Waals surface area contributed by atoms with Crippen molar-refractivity contribution in [3.63, 3.8) is 0 Å². The third-order valence-corrected chi connectivity index (χ3v) is 3.72. The summed E-state index contributed by atoms with van der Waals surface area (Å²) in [7, 11) is 0. The van der Waals surface area contributed by atoms with Crippen molar-refractivity contribution < 1.29 is 9.53 Å². The number of nitrogens with zero attached hydrogens (tertiary/aromatic N) is 3. The van der Waals surface area contributed by atoms with Crippen LogP contribution >= 0.6 is 11.8 Å². The van der Waals surface area contributed by atoms with Gasteiger partial charge in [-0.1, -0.05) is 11.8 Å². The highest BCUT2D eigenvalue weighted by Crippen LogP contribution is 2.24. The first kappa shape index (κ1) is 17.2. The first-order valence-corrected chi connectivity index (χ1v) is 7.72. The average molecular weight is 308 g/mol. The molecular formula is C14H20N4O2S. The number of nitrogens with two attached hydrogens (primary N) is 1. The summed E-state index contributed by atoms with van der Waals surface area (Å²) in [5.74, 6) is 0.411. The Bertz CT molecular complexity index is 540. The normalized spacial score (nSPS) is 11.0. The van der Waals surface area contributed by atoms with Gasteiger partial charge in [0.05, 0.1) is 18.1 Å². The van der Waals surface area contributed by atoms with E-state index < -0.39 is 5.97 Å². The molecule has 0 unspecified atom stereocenters. The second-order valence-electron chi connectivity index (χ2n) is 5.12. The fraction of sp³-hybridized carbons (Fsp3) is 0.571. The smallest absolute Gasteiger partial charge is 0.343 e. The van der Waals surface area contributed by atoms with Crippen LogP contribution in [0.2, 0.25) is 0 Å². The second kappa shape index (κ2) is 7.84. The summed E-state index contributed by atoms with van der Waals surface area (Å²) in [6.45, 7) is 5.84. The lowest BCUT2D eigenvalue weighted by atomic mass is 9.90. The van der Waals surface area contributed by atoms with Crippen LogP contribution in [0.4, 0.5) is 5.82 Å². The van der Waals surface area contributed by atoms with Gasteiger partial charge in [-0.15, -0.1) is 0 Å². The Kier molecular flexibility index (Phi) is 6.43. The molecule has 2 N–H and O–H groups in total. The van der Waals surface area contributed by atoms with Gasteiger partial charge in [0.15, 0.2) is 5.16 Å². The van der Waals surface area contributed by atoms with Crippen LogP contribution in [0.3, 0.4) is 0 Å². The second-order valence-corrected chi connectivity index (χ2v) is 6.18. The molecule has 0 saturated heterocycles. The number of esters is 1. The van der Waals surface area contributed by atoms with E-state index in [4.69, 9.17) is 15.7 Å². The lowest BCUT2D eigenvalue weighted by Crippen LogP contribution is -2.11. The zero-order chi connectivity index (χ0) is 15.9. The molecule has 0 atom stereocenters. The van der Waals surface area contributed by atoms with Crippen LogP contribution in [-0.2, 0) is 4.74 Å². The highest BCUT2D eigenvalue weighted by atomic mass is 32.2. The predicted octanol–water partition coefficient (Wildman–Crippen LogP) is 2.66. The van der Waals surface area contributed by atoms with Crippen LogP contribution in [0.5, 0.6) is 0 Å². The molecule has 0 saturated carbocycles. The van der Waals surface area contributed by atoms with Crippen molar-refractivity contribution in [3.05, 3.63) is 11.8 Å². The van der Waals surface area contributed by atoms with Crippen LogP contribution in [0.25, 0.3) is 0 Å². The number of rotatable bonds is 7. The number of hydrogen-bond acceptors (Lipinski definition) is 7. The van der Waals surface area contributed by atoms with Crippen LogP contribution in [0.1, 0.15) is 44.0 Å². The van der Waals surface area contributed by atoms with Gasteiger partial charge in [0.1, 0.15) is 11.4 Å². The van der Waals surface area contributed by atoms with Crippen molar-refractivity contribution in [3.8, 4) is 6.07 Å². The maximum absolute atomic E-state index is 11.6. The number of thioether (sulfide) groups is 1. The molecule has 1 rings (SSSR count). The summed E-state index contributed by atoms with van der Waals surface area (Å²) < 4.78 is 4.86. The summed E-state index contributed by atoms with van der Waals surface area (Å²) in [5, 5.41) is 9.45. The van der Waals surface area contributed by atoms with E-state index in [1.807, 2.05) is 13.8 Å². The number of carbonyl (C=O) groups excluding carboxylic acids is 1. The number of aromatic nitrogens is 2. The molecule has 0 aromatic carbocycles. The van der Waals surface area contributed by atoms with Gasteiger partial charge in [-0.25, -0.2) is 14.8 Å². The number of ether oxygens (including phenoxy) is 1. The minimum absolute atomic E-state index is 0.128. The Hall–Kier alpha value is -1.81. The van der Waals surface area contributed by atoms with E-state index in [1.54, 1.807) is 6.92 Å². The lowest BCUT2D eigenvalue weighted by Gasteiger charge is -2.13. The van der Waals surface area contributed by atoms with Crippen molar-refractivity contribution in [2.75, 3.05) is 18.1 Å². The van der Waals surface area contributed by atoms with Crippen molar-refractivity contribution in [2.45, 2.75) is 38.8 Å². The van der Waals surface area contributed by atoms with Gasteiger partial charge in [-0.3, -0.25) is 0 Å². The van der Waals surface area contributed by atoms with E-state index in [0.717, 1.165) is 18.6 Å². The van der Waals surface area contributed by atoms with Crippen LogP contribution in [0.15, 0.2) is 11.4 Å². The van der Waals surface area contributed by atoms with Crippen LogP contribution < -0.4 is 5.73 Å². The Morgan fingerprint density at radius 3 is 2.86 bits per heavy atom. The summed E-state index contributed by atoms with van der Waals surface area (Å²) in [5.41, 5.74) is 5.61. The molecule has 6 nitrogen and oxygen atoms in total. The molecule has 0 bridgehead atoms. The van der Waals surface area contributed by atoms with Crippen molar-refractivity contribution >= 4 is 23.5 Å². The first-order chi connectivity index (χ1) is 9.89. The van der Waals surface area contributed by atoms with E-state index in [9.17, 15) is 4.79 Å². The molecule has 0 aliphatic heterocycles. The Morgan fingerprint density at radius 2 is 2.29 bits per heavy atom. The van der Waals surface area contributed by atoms with Gasteiger partial charge in [0.25, 0.3) is 0 Å². The van der Waals surface area contributed by atoms with Gasteiger partial charge in [0.2, 0.25) is 0 Å². The average Bonchev–Trinajstić information content (AvgIpc) is 2.44. The first-order valence-electron chi connectivity index (χ1n) is 6.73. The fourth-order valence-electron chi connectivity index (χ4n) is 1.55. The van der Waals surface area contributed by atoms with E-state index in [0.29, 0.717) is 5.16 Å². The van der Waals surface area contributed by atoms with Gasteiger partial charge in [-0.2, -0.15) is 5.26 Å². The maximum Gasteiger partial charge on any atom is 0.343 e. The lowest BCUT2D eigenvalue weighted by molar-refractivity contribution is 0.0526. The third kappa shape index (κ3) is 5.60. The zero-order valence-corrected chi connectivity index (χ0v) is 13.4. The molecule has 114 valence electrons. The number of nitriles is 1. The quantitative estimate of drug-likeness (QED) is 0.357. The molecular weight excluding hydrogens is 288 g/mol. The maximum atomic E-state index is 11.6. The Morgan fingerprint density at radius 1 is 1.57 bits per heavy atom. The molecule has 0 radical (unpaired) electrons. The van der Waals surface area contributed by atoms with E-state index in [1.165, 1.54) is 18.0 Å². The minimum atomic E-state index is -0.512. The van der Waals surface area contributed by atoms with Crippen molar-refractivity contribution in [2.24, 2.45) is 5.41 Å². The summed E-state index contributed by atoms with van der Waals surface area (Å²) in [6, 6.07) is 2.27. The molecule has 21 heavy (non-hydrogen) atoms. The topological polar surface area (TPSA) is 102 Å². The van der Waals surface area contributed by atoms with Gasteiger partial charge in [0, 0.05) is 11.9 Å². The molecule has 0 fully saturated rings. The largest absolute Gasteiger partial charge is 0.462 e. The van der Waals surface area contributed by atoms with E-state index in [-0.39, 0.29) is 23.4 Å². The molecule has 0 aliphatic carbocycles. The number of anilines is 1. The standard InChI is InChI=1S/C14H20N4O2S/c1-4-20-12(19)10-8-17-13(18-11(10)16)21-7-5-6-14(2,3)9-15/h8H,4-7H2,1-3H3,(H2,16,17,18). The van der Waals surface area contributed by atoms with Crippen molar-refractivity contribution in [1.82, 2.24) is 9.97 Å². The van der Waals surface area contributed by atoms with Crippen LogP contribution in [0, 0.1) is 16.7 Å². The van der Waals surface area contributed by atoms with E-state index in [2.05, 4.69) is 16.0 Å². The van der Waals surface area contributed by atoms with Gasteiger partial charge >= 0.3 is 5.97 Å². The highest BCUT2D eigenvalue weighted by molar-refractivity contribution is 7.99. The van der Waals surface area contributed by atoms with Crippen LogP contribution in [-0.4, -0.2) is 28.3 Å². The zero-order valence-electron chi connectivity index (χ0n) is 12.5. The molecule has 1 heterocycles. The molecule has 0 amide bonds. The minimum Gasteiger partial charge on any atom is -0.462 e. The van der Waals surface area contributed by atoms with Crippen molar-refractivity contribution in [1.29, 1.82) is 5.26 Å². The fourth-order valence-corrected chi connectivity index (χ4v) is 2.31. The van der Waals surface area contributed by atoms with E-state index >= 15 is 0 Å². The molecule has 7 heteroatoms.